The molecule has 1 aliphatic carbocycles. The summed E-state index contributed by atoms with van der Waals surface area (Å²) >= 11 is 0. The Kier molecular flexibility index (Phi) is 3.75. The van der Waals surface area contributed by atoms with E-state index in [2.05, 4.69) is 0 Å². The first-order valence-electron chi connectivity index (χ1n) is 7.30. The predicted octanol–water partition coefficient (Wildman–Crippen LogP) is -0.801. The van der Waals surface area contributed by atoms with Gasteiger partial charge >= 0.3 is 0 Å². The number of morpholine rings is 1. The van der Waals surface area contributed by atoms with Crippen molar-refractivity contribution < 1.29 is 23.9 Å². The van der Waals surface area contributed by atoms with Gasteiger partial charge in [0.15, 0.2) is 0 Å². The molecule has 1 saturated carbocycles. The third kappa shape index (κ3) is 2.57. The number of rotatable bonds is 2. The Morgan fingerprint density at radius 3 is 2.48 bits per heavy atom. The number of amides is 3. The first-order valence-corrected chi connectivity index (χ1v) is 7.30. The number of carbonyl (C=O) groups is 4. The molecule has 0 aromatic heterocycles. The number of nitrogens with zero attached hydrogens (tertiary/aromatic N) is 2. The first kappa shape index (κ1) is 14.2. The SMILES string of the molecule is O=C1CCC2C(=O)N(CC(=O)N3CCOCC3)C(=O)C2C1. The van der Waals surface area contributed by atoms with Gasteiger partial charge in [-0.2, -0.15) is 0 Å². The summed E-state index contributed by atoms with van der Waals surface area (Å²) < 4.78 is 5.17. The Morgan fingerprint density at radius 1 is 1.10 bits per heavy atom. The zero-order valence-electron chi connectivity index (χ0n) is 11.7. The fraction of sp³-hybridized carbons (Fsp3) is 0.714. The molecule has 3 amide bonds. The molecule has 7 nitrogen and oxygen atoms in total. The number of hydrogen-bond donors (Lipinski definition) is 0. The van der Waals surface area contributed by atoms with Crippen LogP contribution in [0.5, 0.6) is 0 Å². The number of hydrogen-bond acceptors (Lipinski definition) is 5. The van der Waals surface area contributed by atoms with Gasteiger partial charge in [-0.15, -0.1) is 0 Å². The summed E-state index contributed by atoms with van der Waals surface area (Å²) in [6, 6.07) is 0. The second-order valence-electron chi connectivity index (χ2n) is 5.75. The van der Waals surface area contributed by atoms with Crippen LogP contribution in [0.2, 0.25) is 0 Å². The van der Waals surface area contributed by atoms with E-state index in [4.69, 9.17) is 4.74 Å². The van der Waals surface area contributed by atoms with E-state index in [1.54, 1.807) is 4.90 Å². The molecule has 0 spiro atoms. The smallest absolute Gasteiger partial charge is 0.242 e. The maximum Gasteiger partial charge on any atom is 0.242 e. The molecular formula is C14H18N2O5. The van der Waals surface area contributed by atoms with Crippen molar-refractivity contribution in [3.63, 3.8) is 0 Å². The van der Waals surface area contributed by atoms with Gasteiger partial charge in [0.05, 0.1) is 25.0 Å². The van der Waals surface area contributed by atoms with E-state index in [-0.39, 0.29) is 36.5 Å². The highest BCUT2D eigenvalue weighted by Gasteiger charge is 2.50. The largest absolute Gasteiger partial charge is 0.378 e. The molecule has 3 aliphatic rings. The van der Waals surface area contributed by atoms with Crippen LogP contribution in [0.15, 0.2) is 0 Å². The van der Waals surface area contributed by atoms with Gasteiger partial charge in [0.1, 0.15) is 12.3 Å². The highest BCUT2D eigenvalue weighted by molar-refractivity contribution is 6.09. The zero-order chi connectivity index (χ0) is 15.0. The lowest BCUT2D eigenvalue weighted by Gasteiger charge is -2.28. The topological polar surface area (TPSA) is 84.0 Å². The number of imide groups is 1. The Labute approximate surface area is 122 Å². The Bertz CT molecular complexity index is 498. The summed E-state index contributed by atoms with van der Waals surface area (Å²) in [6.07, 6.45) is 0.916. The van der Waals surface area contributed by atoms with E-state index in [9.17, 15) is 19.2 Å². The molecule has 0 bridgehead atoms. The van der Waals surface area contributed by atoms with Gasteiger partial charge in [-0.3, -0.25) is 24.1 Å². The maximum atomic E-state index is 12.3. The van der Waals surface area contributed by atoms with Crippen molar-refractivity contribution in [2.45, 2.75) is 19.3 Å². The van der Waals surface area contributed by atoms with Gasteiger partial charge in [0.2, 0.25) is 17.7 Å². The van der Waals surface area contributed by atoms with Crippen LogP contribution in [0, 0.1) is 11.8 Å². The molecule has 2 aliphatic heterocycles. The van der Waals surface area contributed by atoms with Gasteiger partial charge in [-0.25, -0.2) is 0 Å². The van der Waals surface area contributed by atoms with Crippen molar-refractivity contribution >= 4 is 23.5 Å². The summed E-state index contributed by atoms with van der Waals surface area (Å²) in [6.45, 7) is 1.72. The van der Waals surface area contributed by atoms with Crippen molar-refractivity contribution in [1.82, 2.24) is 9.80 Å². The van der Waals surface area contributed by atoms with Gasteiger partial charge in [-0.1, -0.05) is 0 Å². The molecule has 2 atom stereocenters. The van der Waals surface area contributed by atoms with Crippen LogP contribution in [-0.2, 0) is 23.9 Å². The lowest BCUT2D eigenvalue weighted by atomic mass is 9.80. The van der Waals surface area contributed by atoms with Crippen molar-refractivity contribution in [3.8, 4) is 0 Å². The van der Waals surface area contributed by atoms with E-state index in [1.165, 1.54) is 0 Å². The number of likely N-dealkylation sites (tertiary alicyclic amines) is 1. The Morgan fingerprint density at radius 2 is 1.76 bits per heavy atom. The Hall–Kier alpha value is -1.76. The molecule has 2 saturated heterocycles. The van der Waals surface area contributed by atoms with Crippen molar-refractivity contribution in [2.75, 3.05) is 32.8 Å². The van der Waals surface area contributed by atoms with E-state index in [0.29, 0.717) is 39.1 Å². The maximum absolute atomic E-state index is 12.3. The highest BCUT2D eigenvalue weighted by Crippen LogP contribution is 2.36. The van der Waals surface area contributed by atoms with Crippen LogP contribution in [-0.4, -0.2) is 66.2 Å². The average molecular weight is 294 g/mol. The van der Waals surface area contributed by atoms with Gasteiger partial charge < -0.3 is 9.64 Å². The monoisotopic (exact) mass is 294 g/mol. The highest BCUT2D eigenvalue weighted by atomic mass is 16.5. The summed E-state index contributed by atoms with van der Waals surface area (Å²) in [7, 11) is 0. The molecule has 0 radical (unpaired) electrons. The molecule has 3 fully saturated rings. The molecule has 3 rings (SSSR count). The van der Waals surface area contributed by atoms with Gasteiger partial charge in [0.25, 0.3) is 0 Å². The van der Waals surface area contributed by atoms with Gasteiger partial charge in [0, 0.05) is 25.9 Å². The predicted molar refractivity (Wildman–Crippen MR) is 70.0 cm³/mol. The number of fused-ring (bicyclic) bond motifs is 1. The lowest BCUT2D eigenvalue weighted by Crippen LogP contribution is -2.47. The number of Topliss-reactive ketones (excluding diaryl/α,β-unsaturated/α-hetero) is 1. The molecule has 2 unspecified atom stereocenters. The summed E-state index contributed by atoms with van der Waals surface area (Å²) in [5.41, 5.74) is 0. The standard InChI is InChI=1S/C14H18N2O5/c17-9-1-2-10-11(7-9)14(20)16(13(10)19)8-12(18)15-3-5-21-6-4-15/h10-11H,1-8H2. The van der Waals surface area contributed by atoms with Crippen LogP contribution in [0.25, 0.3) is 0 Å². The van der Waals surface area contributed by atoms with Crippen molar-refractivity contribution in [1.29, 1.82) is 0 Å². The lowest BCUT2D eigenvalue weighted by molar-refractivity contribution is -0.148. The molecular weight excluding hydrogens is 276 g/mol. The van der Waals surface area contributed by atoms with Crippen LogP contribution >= 0.6 is 0 Å². The summed E-state index contributed by atoms with van der Waals surface area (Å²) in [5, 5.41) is 0. The van der Waals surface area contributed by atoms with Crippen LogP contribution < -0.4 is 0 Å². The minimum atomic E-state index is -0.545. The van der Waals surface area contributed by atoms with E-state index in [1.807, 2.05) is 0 Å². The molecule has 0 aromatic rings. The minimum Gasteiger partial charge on any atom is -0.378 e. The summed E-state index contributed by atoms with van der Waals surface area (Å²) in [5.74, 6) is -1.81. The number of ketones is 1. The molecule has 7 heteroatoms. The second-order valence-corrected chi connectivity index (χ2v) is 5.75. The first-order chi connectivity index (χ1) is 10.1. The molecule has 2 heterocycles. The number of carbonyl (C=O) groups excluding carboxylic acids is 4. The fourth-order valence-electron chi connectivity index (χ4n) is 3.28. The average Bonchev–Trinajstić information content (AvgIpc) is 2.73. The number of ether oxygens (including phenoxy) is 1. The Balaban J connectivity index is 1.67. The second kappa shape index (κ2) is 5.55. The van der Waals surface area contributed by atoms with Gasteiger partial charge in [-0.05, 0) is 6.42 Å². The fourth-order valence-corrected chi connectivity index (χ4v) is 3.28. The van der Waals surface area contributed by atoms with Crippen molar-refractivity contribution in [2.24, 2.45) is 11.8 Å². The minimum absolute atomic E-state index is 0.0266. The molecule has 0 aromatic carbocycles. The van der Waals surface area contributed by atoms with Crippen LogP contribution in [0.1, 0.15) is 19.3 Å². The van der Waals surface area contributed by atoms with E-state index in [0.717, 1.165) is 4.90 Å². The van der Waals surface area contributed by atoms with Crippen LogP contribution in [0.4, 0.5) is 0 Å². The third-order valence-corrected chi connectivity index (χ3v) is 4.49. The normalized spacial score (nSPS) is 29.8. The third-order valence-electron chi connectivity index (χ3n) is 4.49. The molecule has 0 N–H and O–H groups in total. The molecule has 21 heavy (non-hydrogen) atoms. The zero-order valence-corrected chi connectivity index (χ0v) is 11.7. The van der Waals surface area contributed by atoms with Crippen LogP contribution in [0.3, 0.4) is 0 Å². The molecule has 114 valence electrons. The van der Waals surface area contributed by atoms with Crippen molar-refractivity contribution in [3.05, 3.63) is 0 Å². The summed E-state index contributed by atoms with van der Waals surface area (Å²) in [4.78, 5) is 50.8. The van der Waals surface area contributed by atoms with E-state index >= 15 is 0 Å². The van der Waals surface area contributed by atoms with E-state index < -0.39 is 11.8 Å². The quantitative estimate of drug-likeness (QED) is 0.623.